The number of carbonyl (C=O) groups excluding carboxylic acids is 1. The van der Waals surface area contributed by atoms with Gasteiger partial charge in [0, 0.05) is 44.0 Å². The summed E-state index contributed by atoms with van der Waals surface area (Å²) in [4.78, 5) is 29.5. The summed E-state index contributed by atoms with van der Waals surface area (Å²) in [5, 5.41) is 4.17. The van der Waals surface area contributed by atoms with Crippen LogP contribution >= 0.6 is 0 Å². The molecule has 1 aromatic carbocycles. The van der Waals surface area contributed by atoms with E-state index in [1.54, 1.807) is 11.8 Å². The lowest BCUT2D eigenvalue weighted by molar-refractivity contribution is -0.137. The zero-order valence-corrected chi connectivity index (χ0v) is 17.4. The first kappa shape index (κ1) is 21.5. The van der Waals surface area contributed by atoms with Crippen LogP contribution in [0.5, 0.6) is 0 Å². The third kappa shape index (κ3) is 4.51. The standard InChI is InChI=1S/C22H25F3N4O2/c1-15-13-19(30)20(26-29(15)18-8-4-5-16(14-18)22(23,24)25)21(31)28-11-9-27(10-12-28)17-6-2-3-7-17/h4-5,8,13-14,17H,2-3,6-7,9-12H2,1H3. The van der Waals surface area contributed by atoms with Gasteiger partial charge in [0.25, 0.3) is 5.91 Å². The zero-order chi connectivity index (χ0) is 22.2. The molecule has 2 fully saturated rings. The van der Waals surface area contributed by atoms with Crippen molar-refractivity contribution in [2.24, 2.45) is 0 Å². The van der Waals surface area contributed by atoms with Crippen LogP contribution in [-0.4, -0.2) is 57.7 Å². The minimum atomic E-state index is -4.50. The van der Waals surface area contributed by atoms with Crippen molar-refractivity contribution in [3.8, 4) is 5.69 Å². The van der Waals surface area contributed by atoms with Gasteiger partial charge in [-0.15, -0.1) is 0 Å². The van der Waals surface area contributed by atoms with Gasteiger partial charge in [0.1, 0.15) is 0 Å². The van der Waals surface area contributed by atoms with Crippen molar-refractivity contribution in [2.45, 2.75) is 44.8 Å². The van der Waals surface area contributed by atoms with Crippen LogP contribution in [0.2, 0.25) is 0 Å². The van der Waals surface area contributed by atoms with Gasteiger partial charge in [0.05, 0.1) is 11.3 Å². The fourth-order valence-electron chi connectivity index (χ4n) is 4.48. The van der Waals surface area contributed by atoms with Crippen molar-refractivity contribution in [1.29, 1.82) is 0 Å². The molecule has 1 amide bonds. The minimum absolute atomic E-state index is 0.146. The Morgan fingerprint density at radius 1 is 1.06 bits per heavy atom. The second kappa shape index (κ2) is 8.45. The number of hydrogen-bond acceptors (Lipinski definition) is 4. The molecule has 1 saturated carbocycles. The van der Waals surface area contributed by atoms with E-state index in [9.17, 15) is 22.8 Å². The highest BCUT2D eigenvalue weighted by Crippen LogP contribution is 2.30. The van der Waals surface area contributed by atoms with Crippen molar-refractivity contribution < 1.29 is 18.0 Å². The maximum atomic E-state index is 13.1. The monoisotopic (exact) mass is 434 g/mol. The lowest BCUT2D eigenvalue weighted by Gasteiger charge is -2.37. The summed E-state index contributed by atoms with van der Waals surface area (Å²) in [6.45, 7) is 4.10. The zero-order valence-electron chi connectivity index (χ0n) is 17.4. The highest BCUT2D eigenvalue weighted by Gasteiger charge is 2.32. The molecule has 4 rings (SSSR count). The number of nitrogens with zero attached hydrogens (tertiary/aromatic N) is 4. The van der Waals surface area contributed by atoms with E-state index in [1.807, 2.05) is 0 Å². The molecule has 9 heteroatoms. The summed E-state index contributed by atoms with van der Waals surface area (Å²) >= 11 is 0. The molecule has 0 spiro atoms. The van der Waals surface area contributed by atoms with Gasteiger partial charge in [-0.3, -0.25) is 14.5 Å². The predicted molar refractivity (Wildman–Crippen MR) is 109 cm³/mol. The number of aromatic nitrogens is 2. The molecule has 1 aliphatic carbocycles. The van der Waals surface area contributed by atoms with Gasteiger partial charge in [-0.05, 0) is 38.0 Å². The maximum Gasteiger partial charge on any atom is 0.416 e. The molecule has 0 radical (unpaired) electrons. The summed E-state index contributed by atoms with van der Waals surface area (Å²) in [6, 6.07) is 6.49. The van der Waals surface area contributed by atoms with Crippen LogP contribution in [0.4, 0.5) is 13.2 Å². The van der Waals surface area contributed by atoms with Crippen LogP contribution in [0, 0.1) is 6.92 Å². The van der Waals surface area contributed by atoms with E-state index in [-0.39, 0.29) is 11.4 Å². The number of carbonyl (C=O) groups is 1. The van der Waals surface area contributed by atoms with Crippen LogP contribution in [0.25, 0.3) is 5.69 Å². The molecule has 2 aliphatic rings. The molecule has 1 aliphatic heterocycles. The molecule has 0 atom stereocenters. The average Bonchev–Trinajstić information content (AvgIpc) is 3.28. The quantitative estimate of drug-likeness (QED) is 0.744. The van der Waals surface area contributed by atoms with Gasteiger partial charge in [-0.25, -0.2) is 4.68 Å². The van der Waals surface area contributed by atoms with E-state index in [2.05, 4.69) is 10.00 Å². The Morgan fingerprint density at radius 2 is 1.74 bits per heavy atom. The second-order valence-corrected chi connectivity index (χ2v) is 8.22. The van der Waals surface area contributed by atoms with Crippen molar-refractivity contribution in [3.05, 3.63) is 57.5 Å². The Labute approximate surface area is 178 Å². The number of hydrogen-bond donors (Lipinski definition) is 0. The van der Waals surface area contributed by atoms with E-state index < -0.39 is 23.1 Å². The van der Waals surface area contributed by atoms with Gasteiger partial charge >= 0.3 is 6.18 Å². The van der Waals surface area contributed by atoms with Gasteiger partial charge < -0.3 is 4.90 Å². The van der Waals surface area contributed by atoms with Crippen molar-refractivity contribution in [3.63, 3.8) is 0 Å². The summed E-state index contributed by atoms with van der Waals surface area (Å²) in [5.41, 5.74) is -1.11. The molecule has 0 unspecified atom stereocenters. The fraction of sp³-hybridized carbons (Fsp3) is 0.500. The van der Waals surface area contributed by atoms with Crippen LogP contribution < -0.4 is 5.43 Å². The van der Waals surface area contributed by atoms with Gasteiger partial charge in [-0.1, -0.05) is 18.9 Å². The number of piperazine rings is 1. The Bertz CT molecular complexity index is 1020. The van der Waals surface area contributed by atoms with Crippen LogP contribution in [0.1, 0.15) is 47.4 Å². The Balaban J connectivity index is 1.57. The number of aryl methyl sites for hydroxylation is 1. The van der Waals surface area contributed by atoms with Gasteiger partial charge in [0.15, 0.2) is 5.69 Å². The number of alkyl halides is 3. The van der Waals surface area contributed by atoms with Crippen molar-refractivity contribution >= 4 is 5.91 Å². The fourth-order valence-corrected chi connectivity index (χ4v) is 4.48. The largest absolute Gasteiger partial charge is 0.416 e. The number of rotatable bonds is 3. The highest BCUT2D eigenvalue weighted by atomic mass is 19.4. The maximum absolute atomic E-state index is 13.1. The normalized spacial score (nSPS) is 18.5. The predicted octanol–water partition coefficient (Wildman–Crippen LogP) is 3.26. The summed E-state index contributed by atoms with van der Waals surface area (Å²) in [5.74, 6) is -0.475. The molecule has 31 heavy (non-hydrogen) atoms. The molecular weight excluding hydrogens is 409 g/mol. The number of halogens is 3. The van der Waals surface area contributed by atoms with E-state index in [1.165, 1.54) is 48.6 Å². The SMILES string of the molecule is Cc1cc(=O)c(C(=O)N2CCN(C3CCCC3)CC2)nn1-c1cccc(C(F)(F)F)c1. The van der Waals surface area contributed by atoms with E-state index in [0.717, 1.165) is 25.2 Å². The molecular formula is C22H25F3N4O2. The van der Waals surface area contributed by atoms with Gasteiger partial charge in [0.2, 0.25) is 5.43 Å². The van der Waals surface area contributed by atoms with Crippen molar-refractivity contribution in [2.75, 3.05) is 26.2 Å². The highest BCUT2D eigenvalue weighted by molar-refractivity contribution is 5.92. The van der Waals surface area contributed by atoms with Crippen LogP contribution in [-0.2, 0) is 6.18 Å². The summed E-state index contributed by atoms with van der Waals surface area (Å²) in [7, 11) is 0. The molecule has 6 nitrogen and oxygen atoms in total. The molecule has 1 aromatic heterocycles. The summed E-state index contributed by atoms with van der Waals surface area (Å²) in [6.07, 6.45) is 0.364. The Morgan fingerprint density at radius 3 is 2.39 bits per heavy atom. The third-order valence-corrected chi connectivity index (χ3v) is 6.17. The lowest BCUT2D eigenvalue weighted by atomic mass is 10.1. The number of benzene rings is 1. The van der Waals surface area contributed by atoms with Crippen LogP contribution in [0.15, 0.2) is 35.1 Å². The van der Waals surface area contributed by atoms with E-state index >= 15 is 0 Å². The molecule has 2 heterocycles. The summed E-state index contributed by atoms with van der Waals surface area (Å²) < 4.78 is 40.5. The third-order valence-electron chi connectivity index (χ3n) is 6.17. The molecule has 166 valence electrons. The van der Waals surface area contributed by atoms with E-state index in [4.69, 9.17) is 0 Å². The van der Waals surface area contributed by atoms with Crippen molar-refractivity contribution in [1.82, 2.24) is 19.6 Å². The second-order valence-electron chi connectivity index (χ2n) is 8.22. The first-order valence-electron chi connectivity index (χ1n) is 10.6. The lowest BCUT2D eigenvalue weighted by Crippen LogP contribution is -2.52. The molecule has 0 bridgehead atoms. The first-order chi connectivity index (χ1) is 14.7. The molecule has 1 saturated heterocycles. The smallest absolute Gasteiger partial charge is 0.335 e. The molecule has 0 N–H and O–H groups in total. The van der Waals surface area contributed by atoms with Gasteiger partial charge in [-0.2, -0.15) is 18.3 Å². The number of amides is 1. The molecule has 2 aromatic rings. The Hall–Kier alpha value is -2.68. The average molecular weight is 434 g/mol. The first-order valence-corrected chi connectivity index (χ1v) is 10.6. The minimum Gasteiger partial charge on any atom is -0.335 e. The topological polar surface area (TPSA) is 58.4 Å². The van der Waals surface area contributed by atoms with Crippen LogP contribution in [0.3, 0.4) is 0 Å². The van der Waals surface area contributed by atoms with E-state index in [0.29, 0.717) is 24.8 Å². The Kier molecular flexibility index (Phi) is 5.88.